The first kappa shape index (κ1) is 18.9. The molecule has 0 spiro atoms. The van der Waals surface area contributed by atoms with Crippen molar-refractivity contribution in [2.75, 3.05) is 5.32 Å². The number of carbonyl (C=O) groups is 1. The number of furan rings is 2. The van der Waals surface area contributed by atoms with Crippen molar-refractivity contribution in [2.24, 2.45) is 0 Å². The largest absolute Gasteiger partial charge is 0.463 e. The summed E-state index contributed by atoms with van der Waals surface area (Å²) in [6.45, 7) is 3.86. The van der Waals surface area contributed by atoms with Crippen molar-refractivity contribution in [3.05, 3.63) is 69.1 Å². The normalized spacial score (nSPS) is 11.2. The van der Waals surface area contributed by atoms with Crippen molar-refractivity contribution in [1.82, 2.24) is 19.7 Å². The van der Waals surface area contributed by atoms with Gasteiger partial charge in [0.25, 0.3) is 11.5 Å². The maximum Gasteiger partial charge on any atom is 0.292 e. The lowest BCUT2D eigenvalue weighted by molar-refractivity contribution is 0.0994. The Balaban J connectivity index is 1.80. The van der Waals surface area contributed by atoms with Gasteiger partial charge in [-0.25, -0.2) is 4.98 Å². The molecule has 0 radical (unpaired) electrons. The van der Waals surface area contributed by atoms with E-state index < -0.39 is 5.91 Å². The SMILES string of the molecule is CC(C)c1cc(=O)[nH]c(-n2nc(-c3ccco3)cc2NC(=O)c2ccc(Br)o2)n1. The topological polar surface area (TPSA) is 119 Å². The van der Waals surface area contributed by atoms with Crippen LogP contribution in [0.5, 0.6) is 0 Å². The molecule has 0 aliphatic carbocycles. The number of aromatic nitrogens is 4. The quantitative estimate of drug-likeness (QED) is 0.468. The van der Waals surface area contributed by atoms with Crippen molar-refractivity contribution < 1.29 is 13.6 Å². The zero-order valence-electron chi connectivity index (χ0n) is 15.5. The Morgan fingerprint density at radius 2 is 2.10 bits per heavy atom. The Kier molecular flexibility index (Phi) is 4.93. The van der Waals surface area contributed by atoms with E-state index in [0.717, 1.165) is 0 Å². The number of hydrogen-bond donors (Lipinski definition) is 2. The molecular weight excluding hydrogens is 442 g/mol. The predicted molar refractivity (Wildman–Crippen MR) is 108 cm³/mol. The van der Waals surface area contributed by atoms with Gasteiger partial charge >= 0.3 is 0 Å². The number of rotatable bonds is 5. The molecule has 4 heterocycles. The fourth-order valence-corrected chi connectivity index (χ4v) is 2.96. The van der Waals surface area contributed by atoms with Gasteiger partial charge in [0.15, 0.2) is 16.2 Å². The maximum absolute atomic E-state index is 12.6. The van der Waals surface area contributed by atoms with Gasteiger partial charge < -0.3 is 14.2 Å². The molecule has 0 fully saturated rings. The first-order chi connectivity index (χ1) is 13.9. The molecule has 148 valence electrons. The van der Waals surface area contributed by atoms with Crippen molar-refractivity contribution in [3.8, 4) is 17.4 Å². The lowest BCUT2D eigenvalue weighted by Gasteiger charge is -2.09. The highest BCUT2D eigenvalue weighted by Crippen LogP contribution is 2.25. The third-order valence-electron chi connectivity index (χ3n) is 4.06. The highest BCUT2D eigenvalue weighted by Gasteiger charge is 2.19. The minimum absolute atomic E-state index is 0.0367. The number of nitrogens with one attached hydrogen (secondary N) is 2. The highest BCUT2D eigenvalue weighted by molar-refractivity contribution is 9.10. The van der Waals surface area contributed by atoms with Crippen molar-refractivity contribution in [1.29, 1.82) is 0 Å². The molecule has 0 aliphatic heterocycles. The van der Waals surface area contributed by atoms with E-state index in [2.05, 4.69) is 36.3 Å². The lowest BCUT2D eigenvalue weighted by Crippen LogP contribution is -2.19. The van der Waals surface area contributed by atoms with Gasteiger partial charge in [-0.1, -0.05) is 13.8 Å². The van der Waals surface area contributed by atoms with Gasteiger partial charge in [0.1, 0.15) is 11.5 Å². The van der Waals surface area contributed by atoms with Gasteiger partial charge in [-0.3, -0.25) is 14.6 Å². The summed E-state index contributed by atoms with van der Waals surface area (Å²) in [5, 5.41) is 7.18. The molecule has 29 heavy (non-hydrogen) atoms. The van der Waals surface area contributed by atoms with E-state index in [4.69, 9.17) is 8.83 Å². The van der Waals surface area contributed by atoms with Gasteiger partial charge in [0.05, 0.1) is 12.0 Å². The van der Waals surface area contributed by atoms with Gasteiger partial charge in [-0.2, -0.15) is 9.78 Å². The second kappa shape index (κ2) is 7.55. The summed E-state index contributed by atoms with van der Waals surface area (Å²) in [5.74, 6) is 0.636. The van der Waals surface area contributed by atoms with Crippen LogP contribution in [0.1, 0.15) is 36.0 Å². The molecule has 0 aliphatic rings. The predicted octanol–water partition coefficient (Wildman–Crippen LogP) is 3.95. The van der Waals surface area contributed by atoms with E-state index in [1.165, 1.54) is 23.1 Å². The van der Waals surface area contributed by atoms with Crippen LogP contribution < -0.4 is 10.9 Å². The summed E-state index contributed by atoms with van der Waals surface area (Å²) in [6, 6.07) is 9.67. The number of carbonyl (C=O) groups excluding carboxylic acids is 1. The van der Waals surface area contributed by atoms with E-state index >= 15 is 0 Å². The fourth-order valence-electron chi connectivity index (χ4n) is 2.65. The average Bonchev–Trinajstić information content (AvgIpc) is 3.41. The Labute approximate surface area is 172 Å². The van der Waals surface area contributed by atoms with Crippen molar-refractivity contribution >= 4 is 27.7 Å². The van der Waals surface area contributed by atoms with Crippen molar-refractivity contribution in [3.63, 3.8) is 0 Å². The molecular formula is C19H16BrN5O4. The Morgan fingerprint density at radius 1 is 1.28 bits per heavy atom. The number of halogens is 1. The van der Waals surface area contributed by atoms with Crippen LogP contribution in [0, 0.1) is 0 Å². The number of anilines is 1. The minimum atomic E-state index is -0.481. The maximum atomic E-state index is 12.6. The zero-order valence-corrected chi connectivity index (χ0v) is 17.1. The van der Waals surface area contributed by atoms with E-state index in [1.54, 1.807) is 24.3 Å². The molecule has 0 unspecified atom stereocenters. The van der Waals surface area contributed by atoms with Crippen LogP contribution in [-0.4, -0.2) is 25.7 Å². The third-order valence-corrected chi connectivity index (χ3v) is 4.49. The van der Waals surface area contributed by atoms with Crippen LogP contribution >= 0.6 is 15.9 Å². The standard InChI is InChI=1S/C19H16BrN5O4/c1-10(2)11-9-17(26)23-19(21-11)25-16(8-12(24-25)13-4-3-7-28-13)22-18(27)14-5-6-15(20)29-14/h3-10H,1-2H3,(H,22,27)(H,21,23,26). The Bertz CT molecular complexity index is 1220. The summed E-state index contributed by atoms with van der Waals surface area (Å²) in [5.41, 5.74) is 0.746. The molecule has 4 rings (SSSR count). The van der Waals surface area contributed by atoms with Gasteiger partial charge in [0.2, 0.25) is 5.95 Å². The summed E-state index contributed by atoms with van der Waals surface area (Å²) in [7, 11) is 0. The average molecular weight is 458 g/mol. The van der Waals surface area contributed by atoms with Crippen molar-refractivity contribution in [2.45, 2.75) is 19.8 Å². The summed E-state index contributed by atoms with van der Waals surface area (Å²) < 4.78 is 12.5. The van der Waals surface area contributed by atoms with Crippen LogP contribution in [0.2, 0.25) is 0 Å². The number of aromatic amines is 1. The summed E-state index contributed by atoms with van der Waals surface area (Å²) in [4.78, 5) is 31.8. The number of nitrogens with zero attached hydrogens (tertiary/aromatic N) is 3. The summed E-state index contributed by atoms with van der Waals surface area (Å²) >= 11 is 3.17. The molecule has 4 aromatic heterocycles. The van der Waals surface area contributed by atoms with E-state index in [-0.39, 0.29) is 29.0 Å². The van der Waals surface area contributed by atoms with Crippen LogP contribution in [0.3, 0.4) is 0 Å². The smallest absolute Gasteiger partial charge is 0.292 e. The second-order valence-electron chi connectivity index (χ2n) is 6.51. The number of H-pyrrole nitrogens is 1. The monoisotopic (exact) mass is 457 g/mol. The second-order valence-corrected chi connectivity index (χ2v) is 7.29. The third kappa shape index (κ3) is 3.92. The molecule has 10 heteroatoms. The van der Waals surface area contributed by atoms with Crippen LogP contribution in [-0.2, 0) is 0 Å². The molecule has 0 bridgehead atoms. The number of amides is 1. The molecule has 0 saturated heterocycles. The Morgan fingerprint density at radius 3 is 2.76 bits per heavy atom. The molecule has 0 saturated carbocycles. The van der Waals surface area contributed by atoms with Crippen LogP contribution in [0.15, 0.2) is 61.0 Å². The Hall–Kier alpha value is -3.40. The van der Waals surface area contributed by atoms with Gasteiger partial charge in [-0.15, -0.1) is 0 Å². The van der Waals surface area contributed by atoms with Gasteiger partial charge in [0, 0.05) is 12.1 Å². The van der Waals surface area contributed by atoms with Gasteiger partial charge in [-0.05, 0) is 46.1 Å². The molecule has 4 aromatic rings. The van der Waals surface area contributed by atoms with E-state index in [1.807, 2.05) is 13.8 Å². The first-order valence-electron chi connectivity index (χ1n) is 8.73. The lowest BCUT2D eigenvalue weighted by atomic mass is 10.1. The molecule has 1 amide bonds. The van der Waals surface area contributed by atoms with E-state index in [9.17, 15) is 9.59 Å². The van der Waals surface area contributed by atoms with Crippen LogP contribution in [0.4, 0.5) is 5.82 Å². The molecule has 0 aromatic carbocycles. The molecule has 9 nitrogen and oxygen atoms in total. The minimum Gasteiger partial charge on any atom is -0.463 e. The zero-order chi connectivity index (χ0) is 20.5. The first-order valence-corrected chi connectivity index (χ1v) is 9.52. The summed E-state index contributed by atoms with van der Waals surface area (Å²) in [6.07, 6.45) is 1.52. The van der Waals surface area contributed by atoms with Crippen LogP contribution in [0.25, 0.3) is 17.4 Å². The van der Waals surface area contributed by atoms with E-state index in [0.29, 0.717) is 21.8 Å². The molecule has 2 N–H and O–H groups in total. The molecule has 0 atom stereocenters. The highest BCUT2D eigenvalue weighted by atomic mass is 79.9. The number of hydrogen-bond acceptors (Lipinski definition) is 6. The fraction of sp³-hybridized carbons (Fsp3) is 0.158.